The molecule has 3 saturated carbocycles. The van der Waals surface area contributed by atoms with Crippen molar-refractivity contribution in [2.45, 2.75) is 88.2 Å². The number of fused-ring (bicyclic) bond motifs is 1. The number of carbonyl (C=O) groups is 1. The maximum absolute atomic E-state index is 14.3. The lowest BCUT2D eigenvalue weighted by Gasteiger charge is -2.62. The molecule has 7 nitrogen and oxygen atoms in total. The molecule has 2 heterocycles. The molecule has 0 unspecified atom stereocenters. The van der Waals surface area contributed by atoms with E-state index in [0.29, 0.717) is 11.3 Å². The lowest BCUT2D eigenvalue weighted by molar-refractivity contribution is -0.138. The zero-order valence-corrected chi connectivity index (χ0v) is 23.3. The molecule has 0 atom stereocenters. The highest BCUT2D eigenvalue weighted by Crippen LogP contribution is 2.67. The number of aromatic nitrogens is 3. The predicted molar refractivity (Wildman–Crippen MR) is 146 cm³/mol. The first-order valence-electron chi connectivity index (χ1n) is 14.3. The number of rotatable bonds is 6. The van der Waals surface area contributed by atoms with E-state index in [1.807, 2.05) is 29.8 Å². The van der Waals surface area contributed by atoms with E-state index in [9.17, 15) is 23.1 Å². The molecule has 2 aromatic carbocycles. The molecular weight excluding hydrogens is 531 g/mol. The van der Waals surface area contributed by atoms with Gasteiger partial charge in [0, 0.05) is 30.4 Å². The first kappa shape index (κ1) is 26.6. The third-order valence-electron chi connectivity index (χ3n) is 10.1. The van der Waals surface area contributed by atoms with Crippen molar-refractivity contribution in [3.8, 4) is 0 Å². The van der Waals surface area contributed by atoms with Gasteiger partial charge in [0.2, 0.25) is 0 Å². The van der Waals surface area contributed by atoms with Crippen LogP contribution in [0.1, 0.15) is 90.3 Å². The Morgan fingerprint density at radius 1 is 1.15 bits per heavy atom. The fourth-order valence-corrected chi connectivity index (χ4v) is 7.87. The third kappa shape index (κ3) is 4.21. The molecule has 1 aliphatic heterocycles. The van der Waals surface area contributed by atoms with Gasteiger partial charge in [0.05, 0.1) is 23.6 Å². The van der Waals surface area contributed by atoms with Crippen LogP contribution in [0.4, 0.5) is 18.9 Å². The highest BCUT2D eigenvalue weighted by atomic mass is 19.4. The van der Waals surface area contributed by atoms with Gasteiger partial charge in [-0.15, -0.1) is 10.2 Å². The van der Waals surface area contributed by atoms with Crippen molar-refractivity contribution >= 4 is 11.6 Å². The number of anilines is 1. The molecule has 1 amide bonds. The number of carbonyl (C=O) groups excluding carboxylic acids is 1. The van der Waals surface area contributed by atoms with Gasteiger partial charge < -0.3 is 19.9 Å². The summed E-state index contributed by atoms with van der Waals surface area (Å²) in [5.41, 5.74) is 0.953. The van der Waals surface area contributed by atoms with Crippen LogP contribution in [0.5, 0.6) is 0 Å². The molecule has 0 bridgehead atoms. The summed E-state index contributed by atoms with van der Waals surface area (Å²) in [7, 11) is 1.90. The molecule has 0 saturated heterocycles. The maximum atomic E-state index is 14.3. The van der Waals surface area contributed by atoms with E-state index in [2.05, 4.69) is 22.4 Å². The number of nitrogens with one attached hydrogen (secondary N) is 1. The summed E-state index contributed by atoms with van der Waals surface area (Å²) in [6.45, 7) is 2.23. The van der Waals surface area contributed by atoms with Gasteiger partial charge in [-0.05, 0) is 98.2 Å². The van der Waals surface area contributed by atoms with Crippen LogP contribution >= 0.6 is 0 Å². The van der Waals surface area contributed by atoms with Crippen LogP contribution in [-0.2, 0) is 31.7 Å². The fraction of sp³-hybridized carbons (Fsp3) is 0.516. The second-order valence-corrected chi connectivity index (χ2v) is 13.1. The number of hydrogen-bond donors (Lipinski definition) is 2. The van der Waals surface area contributed by atoms with Crippen LogP contribution < -0.4 is 10.2 Å². The Hall–Kier alpha value is -3.24. The highest BCUT2D eigenvalue weighted by Gasteiger charge is 2.62. The Morgan fingerprint density at radius 2 is 1.90 bits per heavy atom. The topological polar surface area (TPSA) is 83.3 Å². The van der Waals surface area contributed by atoms with Crippen LogP contribution in [0, 0.1) is 5.41 Å². The average Bonchev–Trinajstić information content (AvgIpc) is 3.45. The minimum atomic E-state index is -4.57. The van der Waals surface area contributed by atoms with E-state index >= 15 is 0 Å². The molecule has 3 fully saturated rings. The second-order valence-electron chi connectivity index (χ2n) is 13.1. The largest absolute Gasteiger partial charge is 0.416 e. The molecule has 41 heavy (non-hydrogen) atoms. The quantitative estimate of drug-likeness (QED) is 0.427. The normalized spacial score (nSPS) is 28.3. The van der Waals surface area contributed by atoms with Crippen LogP contribution in [0.3, 0.4) is 0 Å². The van der Waals surface area contributed by atoms with E-state index in [1.165, 1.54) is 11.0 Å². The molecule has 10 heteroatoms. The van der Waals surface area contributed by atoms with Gasteiger partial charge >= 0.3 is 6.18 Å². The summed E-state index contributed by atoms with van der Waals surface area (Å²) in [6, 6.07) is 10.4. The molecule has 7 rings (SSSR count). The maximum Gasteiger partial charge on any atom is 0.416 e. The van der Waals surface area contributed by atoms with Crippen molar-refractivity contribution in [2.24, 2.45) is 12.5 Å². The fourth-order valence-electron chi connectivity index (χ4n) is 7.87. The Balaban J connectivity index is 1.22. The van der Waals surface area contributed by atoms with Gasteiger partial charge in [-0.25, -0.2) is 0 Å². The van der Waals surface area contributed by atoms with Crippen molar-refractivity contribution < 1.29 is 23.1 Å². The Bertz CT molecular complexity index is 1530. The number of alkyl halides is 3. The lowest BCUT2D eigenvalue weighted by atomic mass is 9.42. The number of aryl methyl sites for hydroxylation is 1. The van der Waals surface area contributed by atoms with Gasteiger partial charge in [-0.3, -0.25) is 4.79 Å². The zero-order valence-electron chi connectivity index (χ0n) is 23.3. The standard InChI is InChI=1S/C31H34F3N5O2/c1-28(7-4-8-28)35-14-19-9-23-24(25(10-19)31(32,33)34)15-39(26(23)41)21-6-3-5-20(11-21)30(27-37-36-18-38(27)2)16-29(17-30)12-22(40)13-29/h3,5-6,9-11,18,22,35,40H,4,7-8,12-17H2,1-2H3. The summed E-state index contributed by atoms with van der Waals surface area (Å²) in [5.74, 6) is 0.397. The molecule has 3 aliphatic carbocycles. The molecule has 216 valence electrons. The highest BCUT2D eigenvalue weighted by molar-refractivity contribution is 6.10. The lowest BCUT2D eigenvalue weighted by Crippen LogP contribution is -2.58. The average molecular weight is 566 g/mol. The number of hydrogen-bond acceptors (Lipinski definition) is 5. The number of halogens is 3. The Labute approximate surface area is 236 Å². The Morgan fingerprint density at radius 3 is 2.51 bits per heavy atom. The summed E-state index contributed by atoms with van der Waals surface area (Å²) in [6.07, 6.45) is 3.01. The molecule has 4 aliphatic rings. The molecular formula is C31H34F3N5O2. The van der Waals surface area contributed by atoms with Crippen molar-refractivity contribution in [1.82, 2.24) is 20.1 Å². The first-order valence-corrected chi connectivity index (χ1v) is 14.3. The summed E-state index contributed by atoms with van der Waals surface area (Å²) < 4.78 is 44.7. The van der Waals surface area contributed by atoms with E-state index < -0.39 is 23.1 Å². The summed E-state index contributed by atoms with van der Waals surface area (Å²) in [4.78, 5) is 15.2. The predicted octanol–water partition coefficient (Wildman–Crippen LogP) is 5.25. The monoisotopic (exact) mass is 565 g/mol. The van der Waals surface area contributed by atoms with Crippen molar-refractivity contribution in [1.29, 1.82) is 0 Å². The smallest absolute Gasteiger partial charge is 0.393 e. The van der Waals surface area contributed by atoms with Crippen molar-refractivity contribution in [2.75, 3.05) is 4.90 Å². The van der Waals surface area contributed by atoms with Gasteiger partial charge in [0.15, 0.2) is 0 Å². The molecule has 1 aromatic heterocycles. The summed E-state index contributed by atoms with van der Waals surface area (Å²) >= 11 is 0. The van der Waals surface area contributed by atoms with Crippen LogP contribution in [-0.4, -0.2) is 37.4 Å². The van der Waals surface area contributed by atoms with Gasteiger partial charge in [0.25, 0.3) is 5.91 Å². The van der Waals surface area contributed by atoms with Gasteiger partial charge in [-0.2, -0.15) is 13.2 Å². The minimum Gasteiger partial charge on any atom is -0.393 e. The number of benzene rings is 2. The third-order valence-corrected chi connectivity index (χ3v) is 10.1. The molecule has 1 spiro atoms. The van der Waals surface area contributed by atoms with Gasteiger partial charge in [0.1, 0.15) is 12.2 Å². The SMILES string of the molecule is Cn1cnnc1C1(c2cccc(N3Cc4c(cc(CNC5(C)CCC5)cc4C(F)(F)F)C3=O)c2)CC2(CC(O)C2)C1. The molecule has 0 radical (unpaired) electrons. The zero-order chi connectivity index (χ0) is 28.8. The first-order chi connectivity index (χ1) is 19.4. The van der Waals surface area contributed by atoms with Crippen LogP contribution in [0.15, 0.2) is 42.7 Å². The van der Waals surface area contributed by atoms with Gasteiger partial charge in [-0.1, -0.05) is 12.1 Å². The second kappa shape index (κ2) is 8.88. The number of aliphatic hydroxyl groups is 1. The minimum absolute atomic E-state index is 0.0283. The van der Waals surface area contributed by atoms with E-state index in [-0.39, 0.29) is 41.3 Å². The van der Waals surface area contributed by atoms with E-state index in [4.69, 9.17) is 0 Å². The molecule has 2 N–H and O–H groups in total. The molecule has 3 aromatic rings. The number of amides is 1. The number of aliphatic hydroxyl groups excluding tert-OH is 1. The van der Waals surface area contributed by atoms with Crippen LogP contribution in [0.25, 0.3) is 0 Å². The number of nitrogens with zero attached hydrogens (tertiary/aromatic N) is 4. The summed E-state index contributed by atoms with van der Waals surface area (Å²) in [5, 5.41) is 21.9. The Kier molecular flexibility index (Phi) is 5.77. The van der Waals surface area contributed by atoms with E-state index in [1.54, 1.807) is 18.5 Å². The van der Waals surface area contributed by atoms with Crippen LogP contribution in [0.2, 0.25) is 0 Å². The van der Waals surface area contributed by atoms with E-state index in [0.717, 1.165) is 56.3 Å². The van der Waals surface area contributed by atoms with Crippen molar-refractivity contribution in [3.05, 3.63) is 76.4 Å². The van der Waals surface area contributed by atoms with Crippen molar-refractivity contribution in [3.63, 3.8) is 0 Å².